The van der Waals surface area contributed by atoms with Gasteiger partial charge in [-0.3, -0.25) is 9.59 Å². The predicted octanol–water partition coefficient (Wildman–Crippen LogP) is 1.42. The standard InChI is InChI=1S/C15H15N5O3.ClH/c16-15(5-1-2-6-15)14-19-13(23-20-14)8-3-4-9-10(7-8)18-12(22)11(21)17-9;/h3-4,7H,1-2,5-6,16H2,(H,17,21)(H,18,22);1H. The molecule has 0 aliphatic heterocycles. The summed E-state index contributed by atoms with van der Waals surface area (Å²) in [4.78, 5) is 32.2. The average Bonchev–Trinajstić information content (AvgIpc) is 3.18. The maximum absolute atomic E-state index is 11.4. The quantitative estimate of drug-likeness (QED) is 0.599. The van der Waals surface area contributed by atoms with Crippen LogP contribution in [0, 0.1) is 0 Å². The monoisotopic (exact) mass is 349 g/mol. The molecule has 24 heavy (non-hydrogen) atoms. The summed E-state index contributed by atoms with van der Waals surface area (Å²) in [5, 5.41) is 4.02. The molecule has 4 N–H and O–H groups in total. The third kappa shape index (κ3) is 2.63. The van der Waals surface area contributed by atoms with Crippen LogP contribution in [0.4, 0.5) is 0 Å². The van der Waals surface area contributed by atoms with Gasteiger partial charge in [-0.2, -0.15) is 4.98 Å². The van der Waals surface area contributed by atoms with Gasteiger partial charge >= 0.3 is 11.1 Å². The van der Waals surface area contributed by atoms with Gasteiger partial charge in [0.1, 0.15) is 0 Å². The Bertz CT molecular complexity index is 1000. The van der Waals surface area contributed by atoms with E-state index in [2.05, 4.69) is 20.1 Å². The topological polar surface area (TPSA) is 131 Å². The molecule has 0 atom stereocenters. The fraction of sp³-hybridized carbons (Fsp3) is 0.333. The Hall–Kier alpha value is -2.45. The molecule has 0 bridgehead atoms. The van der Waals surface area contributed by atoms with Crippen molar-refractivity contribution in [2.45, 2.75) is 31.2 Å². The molecule has 4 rings (SSSR count). The van der Waals surface area contributed by atoms with Crippen molar-refractivity contribution in [3.8, 4) is 11.5 Å². The van der Waals surface area contributed by atoms with E-state index < -0.39 is 16.7 Å². The molecule has 2 aromatic heterocycles. The van der Waals surface area contributed by atoms with Crippen LogP contribution < -0.4 is 16.9 Å². The normalized spacial score (nSPS) is 16.2. The number of nitrogens with zero attached hydrogens (tertiary/aromatic N) is 2. The van der Waals surface area contributed by atoms with Crippen LogP contribution in [-0.4, -0.2) is 20.1 Å². The fourth-order valence-corrected chi connectivity index (χ4v) is 3.02. The molecule has 0 radical (unpaired) electrons. The van der Waals surface area contributed by atoms with E-state index in [-0.39, 0.29) is 12.4 Å². The Morgan fingerprint density at radius 2 is 1.75 bits per heavy atom. The first-order valence-corrected chi connectivity index (χ1v) is 7.45. The first-order chi connectivity index (χ1) is 11.0. The van der Waals surface area contributed by atoms with E-state index in [1.54, 1.807) is 18.2 Å². The number of fused-ring (bicyclic) bond motifs is 1. The summed E-state index contributed by atoms with van der Waals surface area (Å²) >= 11 is 0. The van der Waals surface area contributed by atoms with Gasteiger partial charge in [-0.1, -0.05) is 18.0 Å². The van der Waals surface area contributed by atoms with Crippen LogP contribution in [0.1, 0.15) is 31.5 Å². The van der Waals surface area contributed by atoms with Crippen LogP contribution in [0.25, 0.3) is 22.5 Å². The fourth-order valence-electron chi connectivity index (χ4n) is 3.02. The number of halogens is 1. The molecule has 3 aromatic rings. The van der Waals surface area contributed by atoms with Gasteiger partial charge in [0.2, 0.25) is 0 Å². The van der Waals surface area contributed by atoms with Crippen LogP contribution in [-0.2, 0) is 5.54 Å². The molecule has 8 nitrogen and oxygen atoms in total. The molecule has 1 aromatic carbocycles. The predicted molar refractivity (Wildman–Crippen MR) is 90.1 cm³/mol. The molecular formula is C15H16ClN5O3. The zero-order chi connectivity index (χ0) is 16.0. The Labute approximate surface area is 141 Å². The van der Waals surface area contributed by atoms with E-state index in [1.165, 1.54) is 0 Å². The maximum Gasteiger partial charge on any atom is 0.314 e. The third-order valence-electron chi connectivity index (χ3n) is 4.34. The highest BCUT2D eigenvalue weighted by atomic mass is 35.5. The summed E-state index contributed by atoms with van der Waals surface area (Å²) in [6.45, 7) is 0. The van der Waals surface area contributed by atoms with E-state index in [9.17, 15) is 9.59 Å². The number of nitrogens with two attached hydrogens (primary N) is 1. The number of rotatable bonds is 2. The summed E-state index contributed by atoms with van der Waals surface area (Å²) in [7, 11) is 0. The second kappa shape index (κ2) is 5.88. The smallest absolute Gasteiger partial charge is 0.314 e. The van der Waals surface area contributed by atoms with E-state index in [4.69, 9.17) is 10.3 Å². The van der Waals surface area contributed by atoms with Gasteiger partial charge in [0.25, 0.3) is 5.89 Å². The lowest BCUT2D eigenvalue weighted by molar-refractivity contribution is 0.372. The van der Waals surface area contributed by atoms with Gasteiger partial charge in [0.15, 0.2) is 5.82 Å². The van der Waals surface area contributed by atoms with E-state index >= 15 is 0 Å². The molecule has 2 heterocycles. The van der Waals surface area contributed by atoms with Gasteiger partial charge in [-0.15, -0.1) is 12.4 Å². The first-order valence-electron chi connectivity index (χ1n) is 7.45. The first kappa shape index (κ1) is 16.4. The van der Waals surface area contributed by atoms with Gasteiger partial charge < -0.3 is 20.2 Å². The third-order valence-corrected chi connectivity index (χ3v) is 4.34. The number of aromatic nitrogens is 4. The highest BCUT2D eigenvalue weighted by Crippen LogP contribution is 2.35. The highest BCUT2D eigenvalue weighted by molar-refractivity contribution is 5.85. The second-order valence-electron chi connectivity index (χ2n) is 5.95. The highest BCUT2D eigenvalue weighted by Gasteiger charge is 2.36. The minimum absolute atomic E-state index is 0. The second-order valence-corrected chi connectivity index (χ2v) is 5.95. The lowest BCUT2D eigenvalue weighted by atomic mass is 9.99. The van der Waals surface area contributed by atoms with Crippen LogP contribution >= 0.6 is 12.4 Å². The number of hydrogen-bond acceptors (Lipinski definition) is 6. The summed E-state index contributed by atoms with van der Waals surface area (Å²) < 4.78 is 5.33. The minimum atomic E-state index is -0.701. The largest absolute Gasteiger partial charge is 0.334 e. The van der Waals surface area contributed by atoms with E-state index in [0.29, 0.717) is 28.3 Å². The number of nitrogens with one attached hydrogen (secondary N) is 2. The molecule has 1 aliphatic rings. The van der Waals surface area contributed by atoms with Gasteiger partial charge in [0.05, 0.1) is 16.6 Å². The molecule has 0 saturated heterocycles. The van der Waals surface area contributed by atoms with Crippen molar-refractivity contribution < 1.29 is 4.52 Å². The van der Waals surface area contributed by atoms with Crippen molar-refractivity contribution in [1.29, 1.82) is 0 Å². The summed E-state index contributed by atoms with van der Waals surface area (Å²) in [6, 6.07) is 5.10. The van der Waals surface area contributed by atoms with Crippen LogP contribution in [0.15, 0.2) is 32.3 Å². The summed E-state index contributed by atoms with van der Waals surface area (Å²) in [5.41, 5.74) is 6.11. The molecule has 9 heteroatoms. The Kier molecular flexibility index (Phi) is 4.02. The van der Waals surface area contributed by atoms with Gasteiger partial charge in [0, 0.05) is 5.56 Å². The number of benzene rings is 1. The number of H-pyrrole nitrogens is 2. The van der Waals surface area contributed by atoms with Crippen molar-refractivity contribution in [3.05, 3.63) is 44.7 Å². The molecule has 1 saturated carbocycles. The summed E-state index contributed by atoms with van der Waals surface area (Å²) in [5.74, 6) is 0.853. The molecule has 126 valence electrons. The molecule has 1 aliphatic carbocycles. The Morgan fingerprint density at radius 1 is 1.08 bits per heavy atom. The van der Waals surface area contributed by atoms with Gasteiger partial charge in [-0.05, 0) is 31.0 Å². The molecule has 0 unspecified atom stereocenters. The molecule has 1 fully saturated rings. The van der Waals surface area contributed by atoms with E-state index in [0.717, 1.165) is 25.7 Å². The van der Waals surface area contributed by atoms with Crippen molar-refractivity contribution in [3.63, 3.8) is 0 Å². The van der Waals surface area contributed by atoms with Gasteiger partial charge in [-0.25, -0.2) is 0 Å². The lowest BCUT2D eigenvalue weighted by Crippen LogP contribution is -2.34. The number of aromatic amines is 2. The Balaban J connectivity index is 0.00000169. The van der Waals surface area contributed by atoms with Crippen molar-refractivity contribution in [2.24, 2.45) is 5.73 Å². The van der Waals surface area contributed by atoms with Crippen LogP contribution in [0.3, 0.4) is 0 Å². The lowest BCUT2D eigenvalue weighted by Gasteiger charge is -2.17. The molecule has 0 spiro atoms. The molecule has 0 amide bonds. The Morgan fingerprint density at radius 3 is 2.46 bits per heavy atom. The maximum atomic E-state index is 11.4. The van der Waals surface area contributed by atoms with E-state index in [1.807, 2.05) is 0 Å². The number of hydrogen-bond donors (Lipinski definition) is 3. The average molecular weight is 350 g/mol. The zero-order valence-electron chi connectivity index (χ0n) is 12.7. The van der Waals surface area contributed by atoms with Crippen molar-refractivity contribution >= 4 is 23.4 Å². The van der Waals surface area contributed by atoms with Crippen LogP contribution in [0.5, 0.6) is 0 Å². The minimum Gasteiger partial charge on any atom is -0.334 e. The van der Waals surface area contributed by atoms with Crippen molar-refractivity contribution in [1.82, 2.24) is 20.1 Å². The van der Waals surface area contributed by atoms with Crippen molar-refractivity contribution in [2.75, 3.05) is 0 Å². The zero-order valence-corrected chi connectivity index (χ0v) is 13.5. The SMILES string of the molecule is Cl.NC1(c2noc(-c3ccc4[nH]c(=O)c(=O)[nH]c4c3)n2)CCCC1. The van der Waals surface area contributed by atoms with Crippen LogP contribution in [0.2, 0.25) is 0 Å². The molecular weight excluding hydrogens is 334 g/mol. The summed E-state index contributed by atoms with van der Waals surface area (Å²) in [6.07, 6.45) is 3.81.